The van der Waals surface area contributed by atoms with Gasteiger partial charge in [0.15, 0.2) is 5.82 Å². The minimum absolute atomic E-state index is 0.0102. The maximum atomic E-state index is 17.7. The zero-order chi connectivity index (χ0) is 39.0. The van der Waals surface area contributed by atoms with Crippen molar-refractivity contribution < 1.29 is 36.5 Å². The van der Waals surface area contributed by atoms with Crippen molar-refractivity contribution >= 4 is 38.4 Å². The molecule has 1 aliphatic carbocycles. The molecule has 0 spiro atoms. The van der Waals surface area contributed by atoms with Crippen molar-refractivity contribution in [1.29, 1.82) is 0 Å². The van der Waals surface area contributed by atoms with Gasteiger partial charge in [-0.1, -0.05) is 12.0 Å². The van der Waals surface area contributed by atoms with Crippen LogP contribution < -0.4 is 9.64 Å². The van der Waals surface area contributed by atoms with Gasteiger partial charge in [0.2, 0.25) is 0 Å². The summed E-state index contributed by atoms with van der Waals surface area (Å²) in [4.78, 5) is 15.8. The SMILES string of the molecule is C#Cc1c(F)ccc2cc(O)cc(-c3c(F)c4nc(OC[C@]5(CN(C)C)C[C@@H]5C(F)(F)F)nc(N5C6CCC5CN(CCCOC)C6)c4c4cn(C)nc34)c12. The van der Waals surface area contributed by atoms with Crippen molar-refractivity contribution in [3.63, 3.8) is 0 Å². The number of likely N-dealkylation sites (tertiary alicyclic amines) is 1. The molecule has 1 N–H and O–H groups in total. The monoisotopic (exact) mass is 763 g/mol. The van der Waals surface area contributed by atoms with Crippen molar-refractivity contribution in [1.82, 2.24) is 29.5 Å². The van der Waals surface area contributed by atoms with Gasteiger partial charge in [0.25, 0.3) is 0 Å². The van der Waals surface area contributed by atoms with E-state index in [0.717, 1.165) is 38.9 Å². The number of hydrogen-bond acceptors (Lipinski definition) is 9. The van der Waals surface area contributed by atoms with Crippen LogP contribution in [0.4, 0.5) is 27.8 Å². The van der Waals surface area contributed by atoms with Gasteiger partial charge in [-0.25, -0.2) is 8.78 Å². The summed E-state index contributed by atoms with van der Waals surface area (Å²) >= 11 is 0. The lowest BCUT2D eigenvalue weighted by Gasteiger charge is -2.42. The smallest absolute Gasteiger partial charge is 0.392 e. The highest BCUT2D eigenvalue weighted by Crippen LogP contribution is 2.60. The first kappa shape index (κ1) is 37.2. The number of aryl methyl sites for hydroxylation is 1. The molecule has 1 saturated carbocycles. The molecule has 10 nitrogen and oxygen atoms in total. The molecule has 0 amide bonds. The van der Waals surface area contributed by atoms with E-state index >= 15 is 8.78 Å². The van der Waals surface area contributed by atoms with E-state index in [0.29, 0.717) is 28.6 Å². The number of rotatable bonds is 11. The third-order valence-electron chi connectivity index (χ3n) is 11.4. The van der Waals surface area contributed by atoms with Crippen LogP contribution in [-0.2, 0) is 11.8 Å². The fourth-order valence-electron chi connectivity index (χ4n) is 9.15. The van der Waals surface area contributed by atoms with Crippen LogP contribution in [0.25, 0.3) is 43.7 Å². The Hall–Kier alpha value is -4.78. The van der Waals surface area contributed by atoms with Crippen molar-refractivity contribution in [2.75, 3.05) is 65.5 Å². The molecule has 4 atom stereocenters. The number of piperazine rings is 1. The number of benzene rings is 3. The van der Waals surface area contributed by atoms with Gasteiger partial charge < -0.3 is 24.4 Å². The van der Waals surface area contributed by atoms with Gasteiger partial charge in [-0.3, -0.25) is 9.58 Å². The third kappa shape index (κ3) is 6.47. The van der Waals surface area contributed by atoms with E-state index in [1.54, 1.807) is 39.3 Å². The van der Waals surface area contributed by atoms with Crippen molar-refractivity contribution in [3.05, 3.63) is 47.7 Å². The quantitative estimate of drug-likeness (QED) is 0.0921. The Bertz CT molecular complexity index is 2340. The fraction of sp³-hybridized carbons (Fsp3) is 0.475. The number of alkyl halides is 3. The van der Waals surface area contributed by atoms with Crippen LogP contribution in [0.15, 0.2) is 30.5 Å². The summed E-state index contributed by atoms with van der Waals surface area (Å²) in [7, 11) is 6.79. The first-order chi connectivity index (χ1) is 26.2. The van der Waals surface area contributed by atoms with Crippen LogP contribution in [0.1, 0.15) is 31.2 Å². The third-order valence-corrected chi connectivity index (χ3v) is 11.4. The standard InChI is InChI=1S/C40H42F5N7O3/c1-6-26-29(41)11-8-22-14-25(53)15-27(31(22)26)32-34(42)36-33(28-19-50(4)48-35(28)32)37(52-23-9-10-24(52)18-51(17-23)12-7-13-54-5)47-38(46-36)55-21-39(20-49(2)3)16-30(39)40(43,44)45/h1,8,11,14-15,19,23-24,30,53H,7,9-10,12-13,16-18,20-21H2,2-5H3/t23?,24?,30-,39+/m0/s1. The van der Waals surface area contributed by atoms with Gasteiger partial charge in [-0.15, -0.1) is 6.42 Å². The summed E-state index contributed by atoms with van der Waals surface area (Å²) in [6.07, 6.45) is 5.59. The van der Waals surface area contributed by atoms with E-state index in [1.807, 2.05) is 0 Å². The molecule has 3 aliphatic rings. The van der Waals surface area contributed by atoms with Crippen molar-refractivity contribution in [2.24, 2.45) is 18.4 Å². The molecule has 55 heavy (non-hydrogen) atoms. The fourth-order valence-corrected chi connectivity index (χ4v) is 9.15. The molecular weight excluding hydrogens is 721 g/mol. The first-order valence-corrected chi connectivity index (χ1v) is 18.4. The second kappa shape index (κ2) is 13.8. The lowest BCUT2D eigenvalue weighted by molar-refractivity contribution is -0.158. The van der Waals surface area contributed by atoms with E-state index < -0.39 is 29.1 Å². The molecule has 3 aromatic carbocycles. The lowest BCUT2D eigenvalue weighted by atomic mass is 9.91. The molecule has 2 unspecified atom stereocenters. The number of fused-ring (bicyclic) bond motifs is 6. The second-order valence-corrected chi connectivity index (χ2v) is 15.6. The maximum Gasteiger partial charge on any atom is 0.392 e. The van der Waals surface area contributed by atoms with Crippen LogP contribution in [0, 0.1) is 35.3 Å². The van der Waals surface area contributed by atoms with E-state index in [-0.39, 0.29) is 76.5 Å². The zero-order valence-corrected chi connectivity index (χ0v) is 31.1. The van der Waals surface area contributed by atoms with Crippen LogP contribution >= 0.6 is 0 Å². The number of aromatic nitrogens is 4. The van der Waals surface area contributed by atoms with Gasteiger partial charge in [0.05, 0.1) is 23.5 Å². The van der Waals surface area contributed by atoms with Crippen molar-refractivity contribution in [2.45, 2.75) is 43.9 Å². The largest absolute Gasteiger partial charge is 0.508 e. The van der Waals surface area contributed by atoms with Crippen LogP contribution in [0.3, 0.4) is 0 Å². The number of hydrogen-bond donors (Lipinski definition) is 1. The molecule has 15 heteroatoms. The lowest BCUT2D eigenvalue weighted by Crippen LogP contribution is -2.54. The first-order valence-electron chi connectivity index (χ1n) is 18.4. The Balaban J connectivity index is 1.34. The molecule has 290 valence electrons. The number of terminal acetylenes is 1. The molecule has 8 rings (SSSR count). The summed E-state index contributed by atoms with van der Waals surface area (Å²) in [5.41, 5.74) is -1.23. The number of halogens is 5. The van der Waals surface area contributed by atoms with E-state index in [1.165, 1.54) is 28.9 Å². The van der Waals surface area contributed by atoms with Gasteiger partial charge in [0.1, 0.15) is 28.4 Å². The van der Waals surface area contributed by atoms with Gasteiger partial charge >= 0.3 is 12.2 Å². The highest BCUT2D eigenvalue weighted by atomic mass is 19.4. The number of phenols is 1. The highest BCUT2D eigenvalue weighted by Gasteiger charge is 2.67. The van der Waals surface area contributed by atoms with Gasteiger partial charge in [0, 0.05) is 87.0 Å². The Kier molecular flexibility index (Phi) is 9.29. The van der Waals surface area contributed by atoms with Crippen molar-refractivity contribution in [3.8, 4) is 35.2 Å². The summed E-state index contributed by atoms with van der Waals surface area (Å²) in [6.45, 7) is 2.75. The maximum absolute atomic E-state index is 17.7. The van der Waals surface area contributed by atoms with E-state index in [2.05, 4.69) is 25.8 Å². The van der Waals surface area contributed by atoms with Gasteiger partial charge in [-0.2, -0.15) is 28.2 Å². The predicted molar refractivity (Wildman–Crippen MR) is 199 cm³/mol. The summed E-state index contributed by atoms with van der Waals surface area (Å²) in [5, 5.41) is 17.0. The average molecular weight is 764 g/mol. The molecular formula is C40H42F5N7O3. The molecule has 0 radical (unpaired) electrons. The Morgan fingerprint density at radius 3 is 2.47 bits per heavy atom. The Labute approximate surface area is 314 Å². The summed E-state index contributed by atoms with van der Waals surface area (Å²) in [5.74, 6) is -0.508. The molecule has 2 aromatic heterocycles. The second-order valence-electron chi connectivity index (χ2n) is 15.6. The number of methoxy groups -OCH3 is 1. The number of anilines is 1. The predicted octanol–water partition coefficient (Wildman–Crippen LogP) is 6.50. The summed E-state index contributed by atoms with van der Waals surface area (Å²) < 4.78 is 88.0. The van der Waals surface area contributed by atoms with Crippen LogP contribution in [-0.4, -0.2) is 114 Å². The van der Waals surface area contributed by atoms with Crippen LogP contribution in [0.2, 0.25) is 0 Å². The minimum atomic E-state index is -4.41. The molecule has 2 aliphatic heterocycles. The minimum Gasteiger partial charge on any atom is -0.508 e. The number of phenolic OH excluding ortho intramolecular Hbond substituents is 1. The Morgan fingerprint density at radius 1 is 1.07 bits per heavy atom. The molecule has 4 heterocycles. The van der Waals surface area contributed by atoms with E-state index in [4.69, 9.17) is 20.9 Å². The number of nitrogens with zero attached hydrogens (tertiary/aromatic N) is 7. The van der Waals surface area contributed by atoms with E-state index in [9.17, 15) is 18.3 Å². The van der Waals surface area contributed by atoms with Gasteiger partial charge in [-0.05, 0) is 68.9 Å². The molecule has 2 saturated heterocycles. The number of ether oxygens (including phenoxy) is 2. The molecule has 5 aromatic rings. The zero-order valence-electron chi connectivity index (χ0n) is 31.1. The Morgan fingerprint density at radius 2 is 1.82 bits per heavy atom. The molecule has 2 bridgehead atoms. The number of aromatic hydroxyl groups is 1. The topological polar surface area (TPSA) is 92.0 Å². The average Bonchev–Trinajstić information content (AvgIpc) is 3.62. The summed E-state index contributed by atoms with van der Waals surface area (Å²) in [6, 6.07) is 5.15. The highest BCUT2D eigenvalue weighted by molar-refractivity contribution is 6.18. The molecule has 3 fully saturated rings. The normalized spacial score (nSPS) is 22.7. The van der Waals surface area contributed by atoms with Crippen LogP contribution in [0.5, 0.6) is 11.8 Å².